The first-order chi connectivity index (χ1) is 12.6. The van der Waals surface area contributed by atoms with Crippen LogP contribution in [-0.4, -0.2) is 31.7 Å². The molecule has 5 heteroatoms. The van der Waals surface area contributed by atoms with E-state index in [9.17, 15) is 4.79 Å². The minimum absolute atomic E-state index is 0.0402. The molecule has 0 spiro atoms. The minimum atomic E-state index is -0.229. The van der Waals surface area contributed by atoms with Crippen molar-refractivity contribution < 1.29 is 14.3 Å². The van der Waals surface area contributed by atoms with E-state index in [1.54, 1.807) is 20.4 Å². The molecule has 0 aliphatic heterocycles. The van der Waals surface area contributed by atoms with Crippen LogP contribution in [0, 0.1) is 5.92 Å². The van der Waals surface area contributed by atoms with Crippen molar-refractivity contribution in [3.8, 4) is 11.5 Å². The molecule has 1 aromatic carbocycles. The zero-order chi connectivity index (χ0) is 18.9. The van der Waals surface area contributed by atoms with Crippen LogP contribution in [0.15, 0.2) is 42.7 Å². The lowest BCUT2D eigenvalue weighted by atomic mass is 9.87. The summed E-state index contributed by atoms with van der Waals surface area (Å²) in [6, 6.07) is 9.65. The van der Waals surface area contributed by atoms with Gasteiger partial charge in [-0.25, -0.2) is 0 Å². The molecule has 1 heterocycles. The Hall–Kier alpha value is -2.56. The van der Waals surface area contributed by atoms with E-state index in [1.807, 2.05) is 30.5 Å². The topological polar surface area (TPSA) is 60.5 Å². The first kappa shape index (κ1) is 19.8. The maximum Gasteiger partial charge on any atom is 0.227 e. The highest BCUT2D eigenvalue weighted by Gasteiger charge is 2.25. The van der Waals surface area contributed by atoms with Crippen LogP contribution in [0.2, 0.25) is 0 Å². The maximum absolute atomic E-state index is 12.8. The van der Waals surface area contributed by atoms with Crippen molar-refractivity contribution in [3.63, 3.8) is 0 Å². The van der Waals surface area contributed by atoms with E-state index in [2.05, 4.69) is 30.2 Å². The molecular weight excluding hydrogens is 328 g/mol. The highest BCUT2D eigenvalue weighted by molar-refractivity contribution is 5.84. The standard InChI is InChI=1S/C21H28N2O3/c1-15(2)20(17-9-10-18(25-3)19(13-17)26-4)21(24)23-12-6-8-16-7-5-11-22-14-16/h5,7,9-11,13-15,20H,6,8,12H2,1-4H3,(H,23,24). The highest BCUT2D eigenvalue weighted by atomic mass is 16.5. The molecule has 1 aromatic heterocycles. The number of amides is 1. The van der Waals surface area contributed by atoms with Gasteiger partial charge in [0.1, 0.15) is 0 Å². The Kier molecular flexibility index (Phi) is 7.45. The van der Waals surface area contributed by atoms with Crippen LogP contribution >= 0.6 is 0 Å². The van der Waals surface area contributed by atoms with Gasteiger partial charge in [-0.3, -0.25) is 9.78 Å². The van der Waals surface area contributed by atoms with Gasteiger partial charge in [0.25, 0.3) is 0 Å². The van der Waals surface area contributed by atoms with Gasteiger partial charge in [-0.15, -0.1) is 0 Å². The number of nitrogens with one attached hydrogen (secondary N) is 1. The predicted molar refractivity (Wildman–Crippen MR) is 103 cm³/mol. The second-order valence-electron chi connectivity index (χ2n) is 6.59. The number of nitrogens with zero attached hydrogens (tertiary/aromatic N) is 1. The van der Waals surface area contributed by atoms with Crippen molar-refractivity contribution in [2.75, 3.05) is 20.8 Å². The van der Waals surface area contributed by atoms with Crippen molar-refractivity contribution in [3.05, 3.63) is 53.9 Å². The number of aromatic nitrogens is 1. The number of ether oxygens (including phenoxy) is 2. The highest BCUT2D eigenvalue weighted by Crippen LogP contribution is 2.33. The molecule has 0 fully saturated rings. The molecular formula is C21H28N2O3. The molecule has 2 aromatic rings. The molecule has 0 radical (unpaired) electrons. The molecule has 1 unspecified atom stereocenters. The summed E-state index contributed by atoms with van der Waals surface area (Å²) < 4.78 is 10.7. The van der Waals surface area contributed by atoms with Crippen LogP contribution in [0.1, 0.15) is 37.3 Å². The number of aryl methyl sites for hydroxylation is 1. The molecule has 1 N–H and O–H groups in total. The average Bonchev–Trinajstić information content (AvgIpc) is 2.65. The van der Waals surface area contributed by atoms with E-state index in [0.29, 0.717) is 18.0 Å². The van der Waals surface area contributed by atoms with Gasteiger partial charge in [0, 0.05) is 18.9 Å². The molecule has 26 heavy (non-hydrogen) atoms. The fraction of sp³-hybridized carbons (Fsp3) is 0.429. The number of hydrogen-bond donors (Lipinski definition) is 1. The Morgan fingerprint density at radius 3 is 2.54 bits per heavy atom. The monoisotopic (exact) mass is 356 g/mol. The van der Waals surface area contributed by atoms with E-state index < -0.39 is 0 Å². The molecule has 0 aliphatic rings. The predicted octanol–water partition coefficient (Wildman–Crippen LogP) is 3.59. The van der Waals surface area contributed by atoms with Gasteiger partial charge in [0.15, 0.2) is 11.5 Å². The number of carbonyl (C=O) groups is 1. The Bertz CT molecular complexity index is 702. The minimum Gasteiger partial charge on any atom is -0.493 e. The van der Waals surface area contributed by atoms with E-state index >= 15 is 0 Å². The quantitative estimate of drug-likeness (QED) is 0.698. The normalized spacial score (nSPS) is 11.9. The summed E-state index contributed by atoms with van der Waals surface area (Å²) in [7, 11) is 3.21. The Morgan fingerprint density at radius 2 is 1.92 bits per heavy atom. The number of benzene rings is 1. The molecule has 0 saturated heterocycles. The third-order valence-corrected chi connectivity index (χ3v) is 4.38. The van der Waals surface area contributed by atoms with Crippen LogP contribution in [0.4, 0.5) is 0 Å². The smallest absolute Gasteiger partial charge is 0.227 e. The molecule has 5 nitrogen and oxygen atoms in total. The number of methoxy groups -OCH3 is 2. The van der Waals surface area contributed by atoms with Crippen molar-refractivity contribution >= 4 is 5.91 Å². The fourth-order valence-corrected chi connectivity index (χ4v) is 3.05. The fourth-order valence-electron chi connectivity index (χ4n) is 3.05. The summed E-state index contributed by atoms with van der Waals surface area (Å²) in [5, 5.41) is 3.07. The zero-order valence-electron chi connectivity index (χ0n) is 16.0. The lowest BCUT2D eigenvalue weighted by Crippen LogP contribution is -2.33. The molecule has 0 saturated carbocycles. The Morgan fingerprint density at radius 1 is 1.15 bits per heavy atom. The molecule has 2 rings (SSSR count). The van der Waals surface area contributed by atoms with Gasteiger partial charge in [0.2, 0.25) is 5.91 Å². The number of hydrogen-bond acceptors (Lipinski definition) is 4. The summed E-state index contributed by atoms with van der Waals surface area (Å²) in [5.41, 5.74) is 2.12. The van der Waals surface area contributed by atoms with Crippen molar-refractivity contribution in [1.29, 1.82) is 0 Å². The molecule has 1 atom stereocenters. The van der Waals surface area contributed by atoms with Crippen molar-refractivity contribution in [2.45, 2.75) is 32.6 Å². The largest absolute Gasteiger partial charge is 0.493 e. The molecule has 1 amide bonds. The Balaban J connectivity index is 1.99. The molecule has 0 bridgehead atoms. The van der Waals surface area contributed by atoms with Crippen LogP contribution in [0.5, 0.6) is 11.5 Å². The van der Waals surface area contributed by atoms with Crippen molar-refractivity contribution in [1.82, 2.24) is 10.3 Å². The third kappa shape index (κ3) is 5.22. The van der Waals surface area contributed by atoms with Gasteiger partial charge in [-0.1, -0.05) is 26.0 Å². The summed E-state index contributed by atoms with van der Waals surface area (Å²) in [6.45, 7) is 4.75. The van der Waals surface area contributed by atoms with E-state index in [4.69, 9.17) is 9.47 Å². The second-order valence-corrected chi connectivity index (χ2v) is 6.59. The van der Waals surface area contributed by atoms with Gasteiger partial charge in [0.05, 0.1) is 20.1 Å². The second kappa shape index (κ2) is 9.80. The number of rotatable bonds is 9. The van der Waals surface area contributed by atoms with Gasteiger partial charge >= 0.3 is 0 Å². The molecule has 140 valence electrons. The first-order valence-electron chi connectivity index (χ1n) is 8.95. The zero-order valence-corrected chi connectivity index (χ0v) is 16.0. The summed E-state index contributed by atoms with van der Waals surface area (Å²) in [5.74, 6) is 1.29. The average molecular weight is 356 g/mol. The van der Waals surface area contributed by atoms with E-state index in [-0.39, 0.29) is 17.7 Å². The van der Waals surface area contributed by atoms with Crippen LogP contribution in [0.3, 0.4) is 0 Å². The first-order valence-corrected chi connectivity index (χ1v) is 8.95. The number of pyridine rings is 1. The number of carbonyl (C=O) groups excluding carboxylic acids is 1. The lowest BCUT2D eigenvalue weighted by Gasteiger charge is -2.22. The van der Waals surface area contributed by atoms with Crippen molar-refractivity contribution in [2.24, 2.45) is 5.92 Å². The van der Waals surface area contributed by atoms with Gasteiger partial charge in [-0.2, -0.15) is 0 Å². The van der Waals surface area contributed by atoms with Gasteiger partial charge in [-0.05, 0) is 48.1 Å². The van der Waals surface area contributed by atoms with Crippen LogP contribution in [-0.2, 0) is 11.2 Å². The summed E-state index contributed by atoms with van der Waals surface area (Å²) in [4.78, 5) is 16.9. The molecule has 0 aliphatic carbocycles. The maximum atomic E-state index is 12.8. The van der Waals surface area contributed by atoms with E-state index in [1.165, 1.54) is 5.56 Å². The summed E-state index contributed by atoms with van der Waals surface area (Å²) >= 11 is 0. The summed E-state index contributed by atoms with van der Waals surface area (Å²) in [6.07, 6.45) is 5.41. The SMILES string of the molecule is COc1ccc(C(C(=O)NCCCc2cccnc2)C(C)C)cc1OC. The van der Waals surface area contributed by atoms with Gasteiger partial charge < -0.3 is 14.8 Å². The van der Waals surface area contributed by atoms with Crippen LogP contribution in [0.25, 0.3) is 0 Å². The Labute approximate surface area is 155 Å². The lowest BCUT2D eigenvalue weighted by molar-refractivity contribution is -0.123. The third-order valence-electron chi connectivity index (χ3n) is 4.38. The van der Waals surface area contributed by atoms with Crippen LogP contribution < -0.4 is 14.8 Å². The van der Waals surface area contributed by atoms with E-state index in [0.717, 1.165) is 18.4 Å².